The third kappa shape index (κ3) is 2.64. The van der Waals surface area contributed by atoms with Crippen LogP contribution in [0.1, 0.15) is 17.2 Å². The number of aromatic nitrogens is 4. The average Bonchev–Trinajstić information content (AvgIpc) is 3.04. The van der Waals surface area contributed by atoms with Crippen LogP contribution < -0.4 is 5.32 Å². The van der Waals surface area contributed by atoms with E-state index in [1.165, 1.54) is 0 Å². The van der Waals surface area contributed by atoms with Crippen molar-refractivity contribution >= 4 is 39.2 Å². The molecule has 23 heavy (non-hydrogen) atoms. The third-order valence-electron chi connectivity index (χ3n) is 3.71. The fourth-order valence-corrected chi connectivity index (χ4v) is 3.10. The number of benzene rings is 2. The molecule has 0 saturated carbocycles. The minimum Gasteiger partial charge on any atom is -0.323 e. The maximum atomic E-state index is 6.37. The van der Waals surface area contributed by atoms with Crippen molar-refractivity contribution in [3.63, 3.8) is 0 Å². The van der Waals surface area contributed by atoms with Gasteiger partial charge in [0.2, 0.25) is 5.95 Å². The van der Waals surface area contributed by atoms with Gasteiger partial charge in [-0.15, -0.1) is 0 Å². The highest BCUT2D eigenvalue weighted by Crippen LogP contribution is 2.34. The molecule has 3 aromatic rings. The number of hydrogen-bond acceptors (Lipinski definition) is 4. The summed E-state index contributed by atoms with van der Waals surface area (Å²) in [5.74, 6) is 0.593. The molecule has 1 N–H and O–H groups in total. The Balaban J connectivity index is 1.83. The van der Waals surface area contributed by atoms with E-state index in [2.05, 4.69) is 42.8 Å². The first-order valence-electron chi connectivity index (χ1n) is 6.99. The zero-order chi connectivity index (χ0) is 15.8. The van der Waals surface area contributed by atoms with Crippen molar-refractivity contribution in [3.8, 4) is 0 Å². The molecule has 0 amide bonds. The van der Waals surface area contributed by atoms with Gasteiger partial charge in [0.25, 0.3) is 0 Å². The summed E-state index contributed by atoms with van der Waals surface area (Å²) >= 11 is 9.82. The minimum atomic E-state index is -0.159. The SMILES string of the molecule is Clc1ccccc1C1C=C(c2ccc(Br)cc2)Nc2nnnn21. The molecule has 0 aliphatic carbocycles. The van der Waals surface area contributed by atoms with Crippen molar-refractivity contribution < 1.29 is 0 Å². The number of allylic oxidation sites excluding steroid dienone is 1. The zero-order valence-corrected chi connectivity index (χ0v) is 14.2. The van der Waals surface area contributed by atoms with Gasteiger partial charge in [0.15, 0.2) is 0 Å². The summed E-state index contributed by atoms with van der Waals surface area (Å²) in [6.07, 6.45) is 2.08. The quantitative estimate of drug-likeness (QED) is 0.717. The van der Waals surface area contributed by atoms with Crippen molar-refractivity contribution in [1.82, 2.24) is 20.2 Å². The van der Waals surface area contributed by atoms with E-state index < -0.39 is 0 Å². The van der Waals surface area contributed by atoms with E-state index in [1.54, 1.807) is 4.68 Å². The van der Waals surface area contributed by atoms with Crippen LogP contribution in [0.5, 0.6) is 0 Å². The van der Waals surface area contributed by atoms with Gasteiger partial charge in [-0.05, 0) is 45.8 Å². The molecule has 0 fully saturated rings. The molecule has 1 aliphatic rings. The highest BCUT2D eigenvalue weighted by molar-refractivity contribution is 9.10. The molecule has 1 unspecified atom stereocenters. The van der Waals surface area contributed by atoms with E-state index in [0.29, 0.717) is 11.0 Å². The van der Waals surface area contributed by atoms with Gasteiger partial charge in [0.05, 0.1) is 0 Å². The van der Waals surface area contributed by atoms with E-state index in [0.717, 1.165) is 21.3 Å². The molecule has 0 saturated heterocycles. The lowest BCUT2D eigenvalue weighted by Gasteiger charge is -2.24. The predicted octanol–water partition coefficient (Wildman–Crippen LogP) is 4.15. The van der Waals surface area contributed by atoms with Gasteiger partial charge in [-0.1, -0.05) is 63.0 Å². The van der Waals surface area contributed by atoms with Crippen LogP contribution in [0.15, 0.2) is 59.1 Å². The largest absolute Gasteiger partial charge is 0.323 e. The number of hydrogen-bond donors (Lipinski definition) is 1. The van der Waals surface area contributed by atoms with E-state index >= 15 is 0 Å². The maximum Gasteiger partial charge on any atom is 0.248 e. The van der Waals surface area contributed by atoms with E-state index in [-0.39, 0.29) is 6.04 Å². The molecule has 1 atom stereocenters. The molecule has 0 bridgehead atoms. The Kier molecular flexibility index (Phi) is 3.63. The first-order valence-corrected chi connectivity index (χ1v) is 8.16. The molecule has 5 nitrogen and oxygen atoms in total. The third-order valence-corrected chi connectivity index (χ3v) is 4.58. The van der Waals surface area contributed by atoms with Gasteiger partial charge in [-0.3, -0.25) is 0 Å². The summed E-state index contributed by atoms with van der Waals surface area (Å²) in [6.45, 7) is 0. The van der Waals surface area contributed by atoms with Crippen LogP contribution in [-0.2, 0) is 0 Å². The average molecular weight is 389 g/mol. The fourth-order valence-electron chi connectivity index (χ4n) is 2.59. The van der Waals surface area contributed by atoms with Crippen molar-refractivity contribution in [2.24, 2.45) is 0 Å². The van der Waals surface area contributed by atoms with Crippen LogP contribution in [0.25, 0.3) is 5.70 Å². The second-order valence-electron chi connectivity index (χ2n) is 5.13. The molecule has 0 spiro atoms. The predicted molar refractivity (Wildman–Crippen MR) is 93.1 cm³/mol. The first-order chi connectivity index (χ1) is 11.2. The van der Waals surface area contributed by atoms with Gasteiger partial charge in [0, 0.05) is 15.2 Å². The highest BCUT2D eigenvalue weighted by Gasteiger charge is 2.25. The molecular formula is C16H11BrClN5. The van der Waals surface area contributed by atoms with Gasteiger partial charge in [-0.25, -0.2) is 0 Å². The Hall–Kier alpha value is -2.18. The van der Waals surface area contributed by atoms with Crippen LogP contribution in [0, 0.1) is 0 Å². The lowest BCUT2D eigenvalue weighted by atomic mass is 10.0. The standard InChI is InChI=1S/C16H11BrClN5/c17-11-7-5-10(6-8-11)14-9-15(12-3-1-2-4-13(12)18)23-16(19-14)20-21-22-23/h1-9,15H,(H,19,20,22). The lowest BCUT2D eigenvalue weighted by molar-refractivity contribution is 0.586. The second-order valence-corrected chi connectivity index (χ2v) is 6.45. The Morgan fingerprint density at radius 1 is 1.09 bits per heavy atom. The lowest BCUT2D eigenvalue weighted by Crippen LogP contribution is -2.20. The van der Waals surface area contributed by atoms with Crippen molar-refractivity contribution in [2.45, 2.75) is 6.04 Å². The molecule has 2 aromatic carbocycles. The van der Waals surface area contributed by atoms with E-state index in [1.807, 2.05) is 48.5 Å². The molecule has 1 aliphatic heterocycles. The van der Waals surface area contributed by atoms with Gasteiger partial charge < -0.3 is 5.32 Å². The summed E-state index contributed by atoms with van der Waals surface area (Å²) in [6, 6.07) is 15.6. The number of halogens is 2. The summed E-state index contributed by atoms with van der Waals surface area (Å²) in [4.78, 5) is 0. The topological polar surface area (TPSA) is 55.6 Å². The molecule has 1 aromatic heterocycles. The van der Waals surface area contributed by atoms with Gasteiger partial charge in [-0.2, -0.15) is 4.68 Å². The van der Waals surface area contributed by atoms with Crippen LogP contribution in [0.4, 0.5) is 5.95 Å². The number of rotatable bonds is 2. The molecule has 0 radical (unpaired) electrons. The monoisotopic (exact) mass is 387 g/mol. The Morgan fingerprint density at radius 2 is 1.87 bits per heavy atom. The van der Waals surface area contributed by atoms with Gasteiger partial charge >= 0.3 is 0 Å². The normalized spacial score (nSPS) is 16.4. The highest BCUT2D eigenvalue weighted by atomic mass is 79.9. The number of nitrogens with one attached hydrogen (secondary N) is 1. The van der Waals surface area contributed by atoms with Crippen LogP contribution in [-0.4, -0.2) is 20.2 Å². The zero-order valence-electron chi connectivity index (χ0n) is 11.8. The molecule has 114 valence electrons. The number of anilines is 1. The maximum absolute atomic E-state index is 6.37. The second kappa shape index (κ2) is 5.79. The molecular weight excluding hydrogens is 378 g/mol. The Morgan fingerprint density at radius 3 is 2.65 bits per heavy atom. The molecule has 7 heteroatoms. The van der Waals surface area contributed by atoms with Crippen molar-refractivity contribution in [3.05, 3.63) is 75.2 Å². The smallest absolute Gasteiger partial charge is 0.248 e. The van der Waals surface area contributed by atoms with Crippen molar-refractivity contribution in [1.29, 1.82) is 0 Å². The summed E-state index contributed by atoms with van der Waals surface area (Å²) in [7, 11) is 0. The Bertz CT molecular complexity index is 887. The number of nitrogens with zero attached hydrogens (tertiary/aromatic N) is 4. The van der Waals surface area contributed by atoms with Gasteiger partial charge in [0.1, 0.15) is 6.04 Å². The number of fused-ring (bicyclic) bond motifs is 1. The minimum absolute atomic E-state index is 0.159. The molecule has 2 heterocycles. The van der Waals surface area contributed by atoms with Crippen molar-refractivity contribution in [2.75, 3.05) is 5.32 Å². The number of tetrazole rings is 1. The van der Waals surface area contributed by atoms with Crippen LogP contribution >= 0.6 is 27.5 Å². The Labute approximate surface area is 146 Å². The summed E-state index contributed by atoms with van der Waals surface area (Å²) < 4.78 is 2.76. The first kappa shape index (κ1) is 14.4. The summed E-state index contributed by atoms with van der Waals surface area (Å²) in [5.41, 5.74) is 2.96. The fraction of sp³-hybridized carbons (Fsp3) is 0.0625. The van der Waals surface area contributed by atoms with E-state index in [9.17, 15) is 0 Å². The van der Waals surface area contributed by atoms with Crippen LogP contribution in [0.2, 0.25) is 5.02 Å². The van der Waals surface area contributed by atoms with Crippen LogP contribution in [0.3, 0.4) is 0 Å². The van der Waals surface area contributed by atoms with E-state index in [4.69, 9.17) is 11.6 Å². The molecule has 4 rings (SSSR count). The summed E-state index contributed by atoms with van der Waals surface area (Å²) in [5, 5.41) is 15.9.